The number of nitrogens with zero attached hydrogens (tertiary/aromatic N) is 1. The molecule has 1 fully saturated rings. The zero-order valence-corrected chi connectivity index (χ0v) is 25.1. The van der Waals surface area contributed by atoms with Crippen LogP contribution in [0, 0.1) is 18.3 Å². The maximum atomic E-state index is 12.8. The Morgan fingerprint density at radius 2 is 1.58 bits per heavy atom. The summed E-state index contributed by atoms with van der Waals surface area (Å²) in [5.74, 6) is 2.38. The van der Waals surface area contributed by atoms with Crippen molar-refractivity contribution in [2.45, 2.75) is 115 Å². The van der Waals surface area contributed by atoms with E-state index in [1.807, 2.05) is 0 Å². The normalized spacial score (nSPS) is 21.1. The average molecular weight is 570 g/mol. The molecule has 1 rings (SSSR count). The van der Waals surface area contributed by atoms with Gasteiger partial charge in [-0.15, -0.1) is 0 Å². The van der Waals surface area contributed by atoms with Crippen LogP contribution in [0.2, 0.25) is 13.3 Å². The molecule has 3 unspecified atom stereocenters. The van der Waals surface area contributed by atoms with Gasteiger partial charge in [-0.05, 0) is 0 Å². The molecule has 1 saturated heterocycles. The van der Waals surface area contributed by atoms with Gasteiger partial charge in [0.05, 0.1) is 0 Å². The predicted molar refractivity (Wildman–Crippen MR) is 139 cm³/mol. The van der Waals surface area contributed by atoms with E-state index in [2.05, 4.69) is 38.6 Å². The minimum absolute atomic E-state index is 0.0150. The number of hydrogen-bond acceptors (Lipinski definition) is 5. The molecule has 0 radical (unpaired) electrons. The zero-order valence-electron chi connectivity index (χ0n) is 22.2. The van der Waals surface area contributed by atoms with E-state index in [1.165, 1.54) is 39.5 Å². The van der Waals surface area contributed by atoms with Gasteiger partial charge in [0.25, 0.3) is 0 Å². The Labute approximate surface area is 207 Å². The summed E-state index contributed by atoms with van der Waals surface area (Å²) in [6.45, 7) is 11.4. The number of terminal acetylenes is 1. The van der Waals surface area contributed by atoms with Crippen LogP contribution in [-0.4, -0.2) is 65.1 Å². The SMILES string of the molecule is C#CCC[C](OC(C)=O)(C1CN(C)CCC1OC(C)=O)[Sn]([CH2]CCC)([CH2]CCC)[CH2]CCC. The van der Waals surface area contributed by atoms with Crippen molar-refractivity contribution in [3.63, 3.8) is 0 Å². The number of hydrogen-bond donors (Lipinski definition) is 0. The van der Waals surface area contributed by atoms with E-state index in [0.29, 0.717) is 12.8 Å². The topological polar surface area (TPSA) is 55.8 Å². The van der Waals surface area contributed by atoms with Gasteiger partial charge < -0.3 is 0 Å². The first-order valence-electron chi connectivity index (χ1n) is 13.2. The van der Waals surface area contributed by atoms with Gasteiger partial charge in [0.1, 0.15) is 0 Å². The van der Waals surface area contributed by atoms with Crippen molar-refractivity contribution in [1.82, 2.24) is 4.90 Å². The Morgan fingerprint density at radius 3 is 2.00 bits per heavy atom. The Hall–Kier alpha value is -0.741. The van der Waals surface area contributed by atoms with E-state index in [0.717, 1.165) is 38.8 Å². The number of carbonyl (C=O) groups excluding carboxylic acids is 2. The summed E-state index contributed by atoms with van der Waals surface area (Å²) >= 11 is -3.23. The molecule has 0 bridgehead atoms. The van der Waals surface area contributed by atoms with Crippen LogP contribution in [0.4, 0.5) is 0 Å². The van der Waals surface area contributed by atoms with Crippen molar-refractivity contribution >= 4 is 30.3 Å². The van der Waals surface area contributed by atoms with Crippen molar-refractivity contribution in [3.05, 3.63) is 0 Å². The average Bonchev–Trinajstić information content (AvgIpc) is 2.77. The van der Waals surface area contributed by atoms with Crippen LogP contribution in [-0.2, 0) is 19.1 Å². The van der Waals surface area contributed by atoms with Crippen molar-refractivity contribution in [2.24, 2.45) is 5.92 Å². The molecule has 0 saturated carbocycles. The van der Waals surface area contributed by atoms with Crippen LogP contribution in [0.1, 0.15) is 92.4 Å². The van der Waals surface area contributed by atoms with Crippen LogP contribution in [0.15, 0.2) is 0 Å². The molecule has 0 aliphatic carbocycles. The Balaban J connectivity index is 3.80. The molecule has 0 aromatic carbocycles. The molecule has 1 aliphatic rings. The summed E-state index contributed by atoms with van der Waals surface area (Å²) in [6, 6.07) is 0. The van der Waals surface area contributed by atoms with Gasteiger partial charge in [-0.2, -0.15) is 0 Å². The number of rotatable bonds is 15. The molecule has 3 atom stereocenters. The first kappa shape index (κ1) is 30.3. The summed E-state index contributed by atoms with van der Waals surface area (Å²) in [6.07, 6.45) is 14.6. The van der Waals surface area contributed by atoms with Crippen LogP contribution >= 0.6 is 0 Å². The summed E-state index contributed by atoms with van der Waals surface area (Å²) in [4.78, 5) is 27.2. The van der Waals surface area contributed by atoms with E-state index in [-0.39, 0.29) is 24.0 Å². The molecular weight excluding hydrogens is 521 g/mol. The van der Waals surface area contributed by atoms with Crippen LogP contribution < -0.4 is 0 Å². The van der Waals surface area contributed by atoms with Gasteiger partial charge in [-0.1, -0.05) is 0 Å². The fourth-order valence-electron chi connectivity index (χ4n) is 6.04. The number of carbonyl (C=O) groups is 2. The third kappa shape index (κ3) is 8.45. The molecule has 6 heteroatoms. The molecular formula is C27H49NO4Sn. The standard InChI is InChI=1S/C15H22NO4.3C4H9.Sn/c1-5-6-7-14(19-11(2)17)13-10-16(4)9-8-15(13)20-12(3)18;3*1-3-4-2;/h1,13,15H,6-10H2,2-4H3;3*1,3-4H2,2H3;. The fourth-order valence-corrected chi connectivity index (χ4v) is 26.6. The molecule has 0 amide bonds. The predicted octanol–water partition coefficient (Wildman–Crippen LogP) is 5.97. The third-order valence-corrected chi connectivity index (χ3v) is 26.0. The third-order valence-electron chi connectivity index (χ3n) is 7.56. The minimum atomic E-state index is -3.23. The number of ether oxygens (including phenoxy) is 2. The second kappa shape index (κ2) is 15.3. The zero-order chi connectivity index (χ0) is 24.9. The molecule has 0 N–H and O–H groups in total. The van der Waals surface area contributed by atoms with Gasteiger partial charge in [-0.3, -0.25) is 0 Å². The van der Waals surface area contributed by atoms with Crippen molar-refractivity contribution < 1.29 is 19.1 Å². The van der Waals surface area contributed by atoms with Crippen LogP contribution in [0.5, 0.6) is 0 Å². The van der Waals surface area contributed by atoms with Gasteiger partial charge in [0, 0.05) is 0 Å². The van der Waals surface area contributed by atoms with Crippen LogP contribution in [0.3, 0.4) is 0 Å². The molecule has 5 nitrogen and oxygen atoms in total. The number of piperidine rings is 1. The molecule has 1 heterocycles. The van der Waals surface area contributed by atoms with Gasteiger partial charge >= 0.3 is 208 Å². The number of esters is 2. The van der Waals surface area contributed by atoms with E-state index >= 15 is 0 Å². The number of unbranched alkanes of at least 4 members (excludes halogenated alkanes) is 3. The van der Waals surface area contributed by atoms with Crippen molar-refractivity contribution in [1.29, 1.82) is 0 Å². The first-order chi connectivity index (χ1) is 15.7. The Kier molecular flexibility index (Phi) is 14.0. The van der Waals surface area contributed by atoms with E-state index in [1.54, 1.807) is 6.92 Å². The molecule has 190 valence electrons. The van der Waals surface area contributed by atoms with Crippen LogP contribution in [0.25, 0.3) is 0 Å². The van der Waals surface area contributed by atoms with E-state index in [9.17, 15) is 9.59 Å². The van der Waals surface area contributed by atoms with E-state index < -0.39 is 22.0 Å². The molecule has 33 heavy (non-hydrogen) atoms. The summed E-state index contributed by atoms with van der Waals surface area (Å²) < 4.78 is 15.6. The Morgan fingerprint density at radius 1 is 1.03 bits per heavy atom. The monoisotopic (exact) mass is 571 g/mol. The second-order valence-corrected chi connectivity index (χ2v) is 24.1. The van der Waals surface area contributed by atoms with E-state index in [4.69, 9.17) is 15.9 Å². The molecule has 1 aliphatic heterocycles. The Bertz CT molecular complexity index is 625. The number of likely N-dealkylation sites (tertiary alicyclic amines) is 1. The summed E-state index contributed by atoms with van der Waals surface area (Å²) in [7, 11) is 2.12. The molecule has 0 aromatic rings. The molecule has 0 aromatic heterocycles. The molecule has 0 spiro atoms. The first-order valence-corrected chi connectivity index (χ1v) is 20.7. The van der Waals surface area contributed by atoms with Gasteiger partial charge in [0.15, 0.2) is 0 Å². The van der Waals surface area contributed by atoms with Crippen molar-refractivity contribution in [2.75, 3.05) is 20.1 Å². The van der Waals surface area contributed by atoms with Gasteiger partial charge in [-0.25, -0.2) is 0 Å². The maximum absolute atomic E-state index is 12.8. The quantitative estimate of drug-likeness (QED) is 0.138. The van der Waals surface area contributed by atoms with Crippen molar-refractivity contribution in [3.8, 4) is 12.3 Å². The van der Waals surface area contributed by atoms with Gasteiger partial charge in [0.2, 0.25) is 0 Å². The second-order valence-electron chi connectivity index (χ2n) is 10.1. The fraction of sp³-hybridized carbons (Fsp3) is 0.852. The summed E-state index contributed by atoms with van der Waals surface area (Å²) in [5.41, 5.74) is 0. The summed E-state index contributed by atoms with van der Waals surface area (Å²) in [5, 5.41) is 0.